The summed E-state index contributed by atoms with van der Waals surface area (Å²) in [5.41, 5.74) is 1.70. The van der Waals surface area contributed by atoms with Gasteiger partial charge in [-0.25, -0.2) is 0 Å². The van der Waals surface area contributed by atoms with Crippen LogP contribution in [0.25, 0.3) is 0 Å². The fourth-order valence-electron chi connectivity index (χ4n) is 1.78. The Kier molecular flexibility index (Phi) is 3.21. The molecule has 1 aromatic carbocycles. The van der Waals surface area contributed by atoms with Crippen LogP contribution in [0.5, 0.6) is 5.75 Å². The normalized spacial score (nSPS) is 16.8. The number of methoxy groups -OCH3 is 1. The zero-order valence-corrected chi connectivity index (χ0v) is 10.1. The van der Waals surface area contributed by atoms with Crippen LogP contribution in [0.2, 0.25) is 0 Å². The summed E-state index contributed by atoms with van der Waals surface area (Å²) >= 11 is 0. The van der Waals surface area contributed by atoms with E-state index < -0.39 is 0 Å². The first-order chi connectivity index (χ1) is 8.19. The zero-order chi connectivity index (χ0) is 12.3. The van der Waals surface area contributed by atoms with Crippen LogP contribution in [0.1, 0.15) is 5.56 Å². The van der Waals surface area contributed by atoms with Crippen molar-refractivity contribution in [1.82, 2.24) is 0 Å². The van der Waals surface area contributed by atoms with Crippen molar-refractivity contribution in [2.45, 2.75) is 6.92 Å². The molecule has 1 aliphatic heterocycles. The van der Waals surface area contributed by atoms with Gasteiger partial charge >= 0.3 is 0 Å². The summed E-state index contributed by atoms with van der Waals surface area (Å²) in [7, 11) is 1.64. The van der Waals surface area contributed by atoms with Gasteiger partial charge in [0.25, 0.3) is 0 Å². The molecule has 4 heteroatoms. The smallest absolute Gasteiger partial charge is 0.141 e. The monoisotopic (exact) mass is 232 g/mol. The summed E-state index contributed by atoms with van der Waals surface area (Å²) in [5.74, 6) is 0.795. The van der Waals surface area contributed by atoms with Crippen LogP contribution in [0.3, 0.4) is 0 Å². The number of nitrogens with one attached hydrogen (secondary N) is 1. The first kappa shape index (κ1) is 11.7. The van der Waals surface area contributed by atoms with E-state index in [1.54, 1.807) is 7.11 Å². The van der Waals surface area contributed by atoms with Gasteiger partial charge in [-0.2, -0.15) is 5.26 Å². The van der Waals surface area contributed by atoms with E-state index in [0.717, 1.165) is 17.0 Å². The Morgan fingerprint density at radius 1 is 1.53 bits per heavy atom. The van der Waals surface area contributed by atoms with Gasteiger partial charge in [0.05, 0.1) is 32.1 Å². The van der Waals surface area contributed by atoms with Crippen LogP contribution in [-0.4, -0.2) is 26.9 Å². The minimum Gasteiger partial charge on any atom is -0.495 e. The van der Waals surface area contributed by atoms with Crippen LogP contribution < -0.4 is 10.1 Å². The molecule has 0 aromatic heterocycles. The van der Waals surface area contributed by atoms with Crippen molar-refractivity contribution in [2.75, 3.05) is 32.2 Å². The Morgan fingerprint density at radius 3 is 2.82 bits per heavy atom. The molecule has 0 atom stereocenters. The second-order valence-corrected chi connectivity index (χ2v) is 4.44. The van der Waals surface area contributed by atoms with E-state index in [1.807, 2.05) is 25.1 Å². The van der Waals surface area contributed by atoms with Crippen LogP contribution in [0.4, 0.5) is 5.69 Å². The number of hydrogen-bond acceptors (Lipinski definition) is 4. The Hall–Kier alpha value is -1.73. The SMILES string of the molecule is COc1ccc(C)cc1NCC1(C#N)COC1. The number of rotatable bonds is 4. The van der Waals surface area contributed by atoms with Crippen LogP contribution >= 0.6 is 0 Å². The van der Waals surface area contributed by atoms with E-state index in [0.29, 0.717) is 19.8 Å². The number of hydrogen-bond donors (Lipinski definition) is 1. The number of nitrogens with zero attached hydrogens (tertiary/aromatic N) is 1. The topological polar surface area (TPSA) is 54.3 Å². The Morgan fingerprint density at radius 2 is 2.29 bits per heavy atom. The summed E-state index contributed by atoms with van der Waals surface area (Å²) < 4.78 is 10.4. The van der Waals surface area contributed by atoms with E-state index in [1.165, 1.54) is 0 Å². The lowest BCUT2D eigenvalue weighted by atomic mass is 9.88. The molecule has 1 N–H and O–H groups in total. The average molecular weight is 232 g/mol. The molecule has 0 saturated carbocycles. The molecule has 1 fully saturated rings. The van der Waals surface area contributed by atoms with Crippen LogP contribution in [0, 0.1) is 23.7 Å². The third-order valence-electron chi connectivity index (χ3n) is 2.97. The maximum absolute atomic E-state index is 9.09. The predicted molar refractivity (Wildman–Crippen MR) is 65.1 cm³/mol. The quantitative estimate of drug-likeness (QED) is 0.862. The summed E-state index contributed by atoms with van der Waals surface area (Å²) in [6.07, 6.45) is 0. The average Bonchev–Trinajstić information content (AvgIpc) is 2.28. The lowest BCUT2D eigenvalue weighted by Gasteiger charge is -2.35. The number of benzene rings is 1. The standard InChI is InChI=1S/C13H16N2O2/c1-10-3-4-12(16-2)11(5-10)15-7-13(6-14)8-17-9-13/h3-5,15H,7-9H2,1-2H3. The van der Waals surface area contributed by atoms with E-state index >= 15 is 0 Å². The molecule has 0 spiro atoms. The van der Waals surface area contributed by atoms with Crippen molar-refractivity contribution >= 4 is 5.69 Å². The Balaban J connectivity index is 2.08. The molecular weight excluding hydrogens is 216 g/mol. The zero-order valence-electron chi connectivity index (χ0n) is 10.1. The molecule has 2 rings (SSSR count). The van der Waals surface area contributed by atoms with E-state index in [2.05, 4.69) is 11.4 Å². The second-order valence-electron chi connectivity index (χ2n) is 4.44. The van der Waals surface area contributed by atoms with Gasteiger partial charge in [-0.1, -0.05) is 6.07 Å². The van der Waals surface area contributed by atoms with Crippen molar-refractivity contribution in [2.24, 2.45) is 5.41 Å². The molecule has 1 heterocycles. The minimum absolute atomic E-state index is 0.380. The predicted octanol–water partition coefficient (Wildman–Crippen LogP) is 1.96. The number of anilines is 1. The molecule has 4 nitrogen and oxygen atoms in total. The Bertz CT molecular complexity index is 447. The first-order valence-electron chi connectivity index (χ1n) is 5.57. The van der Waals surface area contributed by atoms with Crippen molar-refractivity contribution in [1.29, 1.82) is 5.26 Å². The van der Waals surface area contributed by atoms with Crippen LogP contribution in [-0.2, 0) is 4.74 Å². The lowest BCUT2D eigenvalue weighted by molar-refractivity contribution is -0.0690. The largest absolute Gasteiger partial charge is 0.495 e. The third-order valence-corrected chi connectivity index (χ3v) is 2.97. The first-order valence-corrected chi connectivity index (χ1v) is 5.57. The highest BCUT2D eigenvalue weighted by molar-refractivity contribution is 5.58. The fraction of sp³-hybridized carbons (Fsp3) is 0.462. The van der Waals surface area contributed by atoms with Gasteiger partial charge in [0.15, 0.2) is 0 Å². The van der Waals surface area contributed by atoms with Crippen molar-refractivity contribution in [3.63, 3.8) is 0 Å². The molecule has 90 valence electrons. The number of aryl methyl sites for hydroxylation is 1. The van der Waals surface area contributed by atoms with E-state index in [9.17, 15) is 0 Å². The number of nitriles is 1. The van der Waals surface area contributed by atoms with Crippen molar-refractivity contribution in [3.8, 4) is 11.8 Å². The summed E-state index contributed by atoms with van der Waals surface area (Å²) in [4.78, 5) is 0. The molecule has 1 saturated heterocycles. The summed E-state index contributed by atoms with van der Waals surface area (Å²) in [6, 6.07) is 8.25. The van der Waals surface area contributed by atoms with Gasteiger partial charge in [0.2, 0.25) is 0 Å². The number of ether oxygens (including phenoxy) is 2. The summed E-state index contributed by atoms with van der Waals surface area (Å²) in [5, 5.41) is 12.4. The van der Waals surface area contributed by atoms with E-state index in [-0.39, 0.29) is 5.41 Å². The highest BCUT2D eigenvalue weighted by atomic mass is 16.5. The molecule has 0 radical (unpaired) electrons. The molecule has 1 aliphatic rings. The van der Waals surface area contributed by atoms with Gasteiger partial charge in [0.1, 0.15) is 11.2 Å². The molecule has 0 aliphatic carbocycles. The maximum Gasteiger partial charge on any atom is 0.141 e. The van der Waals surface area contributed by atoms with E-state index in [4.69, 9.17) is 14.7 Å². The van der Waals surface area contributed by atoms with Crippen molar-refractivity contribution < 1.29 is 9.47 Å². The molecule has 1 aromatic rings. The van der Waals surface area contributed by atoms with Gasteiger partial charge in [-0.05, 0) is 24.6 Å². The second kappa shape index (κ2) is 4.64. The lowest BCUT2D eigenvalue weighted by Crippen LogP contribution is -2.46. The van der Waals surface area contributed by atoms with Crippen LogP contribution in [0.15, 0.2) is 18.2 Å². The third kappa shape index (κ3) is 2.34. The molecule has 0 unspecified atom stereocenters. The van der Waals surface area contributed by atoms with Gasteiger partial charge in [-0.3, -0.25) is 0 Å². The molecule has 0 amide bonds. The van der Waals surface area contributed by atoms with Gasteiger partial charge < -0.3 is 14.8 Å². The maximum atomic E-state index is 9.09. The molecule has 0 bridgehead atoms. The fourth-order valence-corrected chi connectivity index (χ4v) is 1.78. The Labute approximate surface area is 101 Å². The summed E-state index contributed by atoms with van der Waals surface area (Å²) in [6.45, 7) is 3.62. The van der Waals surface area contributed by atoms with Gasteiger partial charge in [-0.15, -0.1) is 0 Å². The molecular formula is C13H16N2O2. The molecule has 17 heavy (non-hydrogen) atoms. The van der Waals surface area contributed by atoms with Gasteiger partial charge in [0, 0.05) is 6.54 Å². The minimum atomic E-state index is -0.380. The highest BCUT2D eigenvalue weighted by Gasteiger charge is 2.38. The van der Waals surface area contributed by atoms with Crippen molar-refractivity contribution in [3.05, 3.63) is 23.8 Å². The highest BCUT2D eigenvalue weighted by Crippen LogP contribution is 2.30.